The molecule has 0 saturated carbocycles. The number of halogens is 1. The number of anilines is 1. The molecule has 8 nitrogen and oxygen atoms in total. The Hall–Kier alpha value is -2.49. The van der Waals surface area contributed by atoms with Crippen LogP contribution in [-0.2, 0) is 14.8 Å². The van der Waals surface area contributed by atoms with Crippen LogP contribution in [0.5, 0.6) is 0 Å². The lowest BCUT2D eigenvalue weighted by atomic mass is 9.97. The number of amides is 1. The minimum absolute atomic E-state index is 0.0112. The summed E-state index contributed by atoms with van der Waals surface area (Å²) in [4.78, 5) is 23.2. The van der Waals surface area contributed by atoms with Crippen molar-refractivity contribution in [1.82, 2.24) is 4.31 Å². The van der Waals surface area contributed by atoms with Gasteiger partial charge in [-0.15, -0.1) is 0 Å². The van der Waals surface area contributed by atoms with E-state index >= 15 is 0 Å². The summed E-state index contributed by atoms with van der Waals surface area (Å²) in [6.07, 6.45) is 0.733. The lowest BCUT2D eigenvalue weighted by Gasteiger charge is -2.31. The van der Waals surface area contributed by atoms with Gasteiger partial charge in [-0.3, -0.25) is 14.9 Å². The number of sulfonamides is 1. The normalized spacial score (nSPS) is 15.7. The summed E-state index contributed by atoms with van der Waals surface area (Å²) in [5, 5.41) is 13.7. The number of nitro benzene ring substituents is 1. The molecule has 1 saturated heterocycles. The maximum absolute atomic E-state index is 13.0. The first-order chi connectivity index (χ1) is 14.1. The highest BCUT2D eigenvalue weighted by molar-refractivity contribution is 7.89. The number of carbonyl (C=O) groups is 1. The third-order valence-electron chi connectivity index (χ3n) is 5.18. The average Bonchev–Trinajstić information content (AvgIpc) is 2.69. The summed E-state index contributed by atoms with van der Waals surface area (Å²) in [6.45, 7) is 4.14. The minimum Gasteiger partial charge on any atom is -0.326 e. The molecular formula is C20H22ClN3O5S. The van der Waals surface area contributed by atoms with Crippen LogP contribution in [0.1, 0.15) is 24.0 Å². The monoisotopic (exact) mass is 451 g/mol. The highest BCUT2D eigenvalue weighted by Crippen LogP contribution is 2.29. The predicted molar refractivity (Wildman–Crippen MR) is 114 cm³/mol. The third-order valence-corrected chi connectivity index (χ3v) is 7.56. The van der Waals surface area contributed by atoms with E-state index < -0.39 is 14.9 Å². The van der Waals surface area contributed by atoms with Crippen LogP contribution in [0.2, 0.25) is 5.02 Å². The molecule has 0 bridgehead atoms. The Bertz CT molecular complexity index is 1100. The molecule has 10 heteroatoms. The van der Waals surface area contributed by atoms with Gasteiger partial charge in [-0.25, -0.2) is 8.42 Å². The molecule has 160 valence electrons. The van der Waals surface area contributed by atoms with Crippen molar-refractivity contribution in [3.8, 4) is 0 Å². The molecule has 2 aromatic carbocycles. The summed E-state index contributed by atoms with van der Waals surface area (Å²) < 4.78 is 27.3. The van der Waals surface area contributed by atoms with E-state index in [1.165, 1.54) is 22.5 Å². The number of nitrogens with one attached hydrogen (secondary N) is 1. The first-order valence-corrected chi connectivity index (χ1v) is 11.2. The molecule has 30 heavy (non-hydrogen) atoms. The summed E-state index contributed by atoms with van der Waals surface area (Å²) >= 11 is 5.79. The van der Waals surface area contributed by atoms with Crippen LogP contribution in [0.15, 0.2) is 41.3 Å². The van der Waals surface area contributed by atoms with Gasteiger partial charge >= 0.3 is 0 Å². The maximum Gasteiger partial charge on any atom is 0.289 e. The highest BCUT2D eigenvalue weighted by atomic mass is 35.5. The van der Waals surface area contributed by atoms with Gasteiger partial charge in [0.2, 0.25) is 15.9 Å². The average molecular weight is 452 g/mol. The van der Waals surface area contributed by atoms with E-state index in [2.05, 4.69) is 5.32 Å². The Morgan fingerprint density at radius 3 is 2.43 bits per heavy atom. The summed E-state index contributed by atoms with van der Waals surface area (Å²) in [7, 11) is -3.63. The van der Waals surface area contributed by atoms with E-state index in [4.69, 9.17) is 11.6 Å². The zero-order chi connectivity index (χ0) is 22.1. The molecule has 0 atom stereocenters. The molecule has 1 heterocycles. The van der Waals surface area contributed by atoms with Crippen molar-refractivity contribution in [3.63, 3.8) is 0 Å². The van der Waals surface area contributed by atoms with Crippen molar-refractivity contribution in [2.45, 2.75) is 31.6 Å². The molecule has 1 fully saturated rings. The Morgan fingerprint density at radius 1 is 1.17 bits per heavy atom. The first kappa shape index (κ1) is 22.2. The highest BCUT2D eigenvalue weighted by Gasteiger charge is 2.33. The molecule has 1 aliphatic rings. The summed E-state index contributed by atoms with van der Waals surface area (Å²) in [5.41, 5.74) is 1.67. The first-order valence-electron chi connectivity index (χ1n) is 9.42. The lowest BCUT2D eigenvalue weighted by molar-refractivity contribution is -0.384. The minimum atomic E-state index is -3.63. The molecule has 0 radical (unpaired) electrons. The Labute approximate surface area is 180 Å². The zero-order valence-electron chi connectivity index (χ0n) is 16.6. The van der Waals surface area contributed by atoms with Crippen molar-refractivity contribution in [2.75, 3.05) is 18.4 Å². The molecule has 3 rings (SSSR count). The molecule has 2 aromatic rings. The standard InChI is InChI=1S/C20H22ClN3O5S/c1-13-3-6-19(14(2)11-13)30(28,29)23-9-7-15(8-10-23)20(25)22-16-4-5-17(21)18(12-16)24(26)27/h3-6,11-12,15H,7-10H2,1-2H3,(H,22,25). The fourth-order valence-corrected chi connectivity index (χ4v) is 5.42. The van der Waals surface area contributed by atoms with E-state index in [1.807, 2.05) is 13.0 Å². The van der Waals surface area contributed by atoms with Gasteiger partial charge in [0, 0.05) is 30.8 Å². The number of benzene rings is 2. The Morgan fingerprint density at radius 2 is 1.83 bits per heavy atom. The van der Waals surface area contributed by atoms with E-state index in [9.17, 15) is 23.3 Å². The van der Waals surface area contributed by atoms with Crippen LogP contribution in [0.25, 0.3) is 0 Å². The molecule has 1 aliphatic heterocycles. The molecule has 0 aromatic heterocycles. The van der Waals surface area contributed by atoms with Gasteiger partial charge in [-0.1, -0.05) is 29.3 Å². The van der Waals surface area contributed by atoms with E-state index in [0.29, 0.717) is 18.4 Å². The zero-order valence-corrected chi connectivity index (χ0v) is 18.2. The number of rotatable bonds is 5. The van der Waals surface area contributed by atoms with Crippen molar-refractivity contribution >= 4 is 38.9 Å². The Balaban J connectivity index is 1.66. The van der Waals surface area contributed by atoms with Crippen molar-refractivity contribution in [2.24, 2.45) is 5.92 Å². The second kappa shape index (κ2) is 8.71. The number of aryl methyl sites for hydroxylation is 2. The van der Waals surface area contributed by atoms with Crippen molar-refractivity contribution in [3.05, 3.63) is 62.7 Å². The van der Waals surface area contributed by atoms with Gasteiger partial charge in [0.25, 0.3) is 5.69 Å². The third kappa shape index (κ3) is 4.63. The predicted octanol–water partition coefficient (Wildman–Crippen LogP) is 3.90. The van der Waals surface area contributed by atoms with E-state index in [0.717, 1.165) is 5.56 Å². The SMILES string of the molecule is Cc1ccc(S(=O)(=O)N2CCC(C(=O)Nc3ccc(Cl)c([N+](=O)[O-])c3)CC2)c(C)c1. The van der Waals surface area contributed by atoms with Crippen LogP contribution in [0.3, 0.4) is 0 Å². The summed E-state index contributed by atoms with van der Waals surface area (Å²) in [5.74, 6) is -0.680. The molecule has 0 unspecified atom stereocenters. The van der Waals surface area contributed by atoms with Gasteiger partial charge in [0.1, 0.15) is 5.02 Å². The smallest absolute Gasteiger partial charge is 0.289 e. The summed E-state index contributed by atoms with van der Waals surface area (Å²) in [6, 6.07) is 9.28. The molecule has 1 amide bonds. The fraction of sp³-hybridized carbons (Fsp3) is 0.350. The maximum atomic E-state index is 13.0. The topological polar surface area (TPSA) is 110 Å². The van der Waals surface area contributed by atoms with Crippen molar-refractivity contribution in [1.29, 1.82) is 0 Å². The van der Waals surface area contributed by atoms with E-state index in [1.54, 1.807) is 19.1 Å². The number of nitro groups is 1. The number of nitrogens with zero attached hydrogens (tertiary/aromatic N) is 2. The molecule has 0 aliphatic carbocycles. The van der Waals surface area contributed by atoms with Crippen LogP contribution in [0, 0.1) is 29.9 Å². The van der Waals surface area contributed by atoms with Gasteiger partial charge in [-0.05, 0) is 50.5 Å². The second-order valence-electron chi connectivity index (χ2n) is 7.36. The van der Waals surface area contributed by atoms with E-state index in [-0.39, 0.29) is 46.2 Å². The molecular weight excluding hydrogens is 430 g/mol. The molecule has 0 spiro atoms. The van der Waals surface area contributed by atoms with Crippen molar-refractivity contribution < 1.29 is 18.1 Å². The van der Waals surface area contributed by atoms with Gasteiger partial charge < -0.3 is 5.32 Å². The van der Waals surface area contributed by atoms with Gasteiger partial charge in [-0.2, -0.15) is 4.31 Å². The van der Waals surface area contributed by atoms with Crippen LogP contribution in [-0.4, -0.2) is 36.6 Å². The lowest BCUT2D eigenvalue weighted by Crippen LogP contribution is -2.41. The fourth-order valence-electron chi connectivity index (χ4n) is 3.56. The Kier molecular flexibility index (Phi) is 6.44. The number of carbonyl (C=O) groups excluding carboxylic acids is 1. The number of hydrogen-bond acceptors (Lipinski definition) is 5. The van der Waals surface area contributed by atoms with Gasteiger partial charge in [0.15, 0.2) is 0 Å². The second-order valence-corrected chi connectivity index (χ2v) is 9.67. The number of piperidine rings is 1. The van der Waals surface area contributed by atoms with Gasteiger partial charge in [0.05, 0.1) is 9.82 Å². The quantitative estimate of drug-likeness (QED) is 0.547. The van der Waals surface area contributed by atoms with Crippen LogP contribution < -0.4 is 5.32 Å². The number of hydrogen-bond donors (Lipinski definition) is 1. The van der Waals surface area contributed by atoms with Crippen LogP contribution >= 0.6 is 11.6 Å². The largest absolute Gasteiger partial charge is 0.326 e. The molecule has 1 N–H and O–H groups in total. The van der Waals surface area contributed by atoms with Crippen LogP contribution in [0.4, 0.5) is 11.4 Å².